The predicted molar refractivity (Wildman–Crippen MR) is 303 cm³/mol. The number of anilines is 4. The monoisotopic (exact) mass is 1100 g/mol. The number of pyridine rings is 1. The van der Waals surface area contributed by atoms with Crippen molar-refractivity contribution in [1.82, 2.24) is 60.0 Å². The van der Waals surface area contributed by atoms with Crippen LogP contribution in [0.3, 0.4) is 0 Å². The number of aromatic amines is 1. The van der Waals surface area contributed by atoms with Gasteiger partial charge in [0.1, 0.15) is 41.0 Å². The van der Waals surface area contributed by atoms with Gasteiger partial charge in [-0.05, 0) is 90.3 Å². The molecule has 0 bridgehead atoms. The normalized spacial score (nSPS) is 20.4. The number of piperazine rings is 3. The number of aromatic nitrogens is 7. The molecule has 0 spiro atoms. The number of nitrogens with zero attached hydrogens (tertiary/aromatic N) is 12. The second-order valence-electron chi connectivity index (χ2n) is 23.4. The molecule has 0 radical (unpaired) electrons. The van der Waals surface area contributed by atoms with Gasteiger partial charge in [-0.3, -0.25) is 34.4 Å². The Morgan fingerprint density at radius 3 is 2.33 bits per heavy atom. The van der Waals surface area contributed by atoms with E-state index in [-0.39, 0.29) is 65.0 Å². The molecule has 3 N–H and O–H groups in total. The van der Waals surface area contributed by atoms with Gasteiger partial charge in [0.15, 0.2) is 9.84 Å². The molecular weight excluding hydrogens is 1030 g/mol. The summed E-state index contributed by atoms with van der Waals surface area (Å²) in [6.07, 6.45) is 7.16. The molecule has 10 rings (SSSR count). The van der Waals surface area contributed by atoms with E-state index in [1.54, 1.807) is 57.4 Å². The zero-order chi connectivity index (χ0) is 56.0. The van der Waals surface area contributed by atoms with Crippen LogP contribution in [0.25, 0.3) is 10.9 Å². The average molecular weight is 1100 g/mol. The molecule has 4 aromatic heterocycles. The molecule has 79 heavy (non-hydrogen) atoms. The quantitative estimate of drug-likeness (QED) is 0.115. The first-order valence-electron chi connectivity index (χ1n) is 27.4. The number of aryl methyl sites for hydroxylation is 1. The van der Waals surface area contributed by atoms with Crippen LogP contribution in [0.2, 0.25) is 0 Å². The lowest BCUT2D eigenvalue weighted by molar-refractivity contribution is -0.121. The molecule has 20 nitrogen and oxygen atoms in total. The number of carbonyl (C=O) groups excluding carboxylic acids is 2. The average Bonchev–Trinajstić information content (AvgIpc) is 4.16. The Labute approximate surface area is 462 Å². The summed E-state index contributed by atoms with van der Waals surface area (Å²) in [7, 11) is -3.84. The topological polar surface area (TPSA) is 214 Å². The first-order valence-corrected chi connectivity index (χ1v) is 28.9. The standard InChI is InChI=1S/C57H74FN15O5S/c1-36-30-72(33-50(74)73-34-57(8,9)51-47(73)23-41(26-60-51)22-40-10-12-43(58)13-11-40)44(29-59-36)32-70-18-19-71(31-37(70)2)54(75)42-27-61-55(62-28-42)69-16-14-68(15-17-69)20-21-78-48-25-46-45(24-49(48)79(76,77)56(5,6)7)53(64-35-63-46)65-52-38(3)39(4)66-67-52/h10-13,23-28,35-37,44,59H,14-22,29-34H2,1-9H3,(H2,63,64,65,66,67)/t36-,37?,44-/m1/s1. The van der Waals surface area contributed by atoms with Crippen LogP contribution in [0.4, 0.5) is 27.7 Å². The maximum Gasteiger partial charge on any atom is 0.257 e. The highest BCUT2D eigenvalue weighted by Gasteiger charge is 2.42. The lowest BCUT2D eigenvalue weighted by atomic mass is 9.91. The van der Waals surface area contributed by atoms with Crippen LogP contribution in [0, 0.1) is 19.7 Å². The first-order chi connectivity index (χ1) is 37.6. The van der Waals surface area contributed by atoms with Crippen LogP contribution in [-0.2, 0) is 26.5 Å². The molecule has 22 heteroatoms. The Balaban J connectivity index is 0.707. The number of sulfone groups is 1. The van der Waals surface area contributed by atoms with Crippen molar-refractivity contribution in [2.75, 3.05) is 107 Å². The number of halogens is 1. The van der Waals surface area contributed by atoms with E-state index in [0.29, 0.717) is 99.4 Å². The SMILES string of the molecule is Cc1n[nH]c(Nc2ncnc3cc(OCCN4CCN(c5ncc(C(=O)N6CCN(C[C@H]7CN[C@H](C)CN7CC(=O)N7CC(C)(C)c8ncc(Cc9ccc(F)cc9)cc87)C(C)C6)cn5)CC4)c(S(=O)(=O)C(C)(C)C)cc23)c1C. The second-order valence-corrected chi connectivity index (χ2v) is 26.1. The number of H-pyrrole nitrogens is 1. The summed E-state index contributed by atoms with van der Waals surface area (Å²) < 4.78 is 46.9. The molecular formula is C57H74FN15O5S. The Morgan fingerprint density at radius 1 is 0.886 bits per heavy atom. The highest BCUT2D eigenvalue weighted by Crippen LogP contribution is 2.41. The van der Waals surface area contributed by atoms with E-state index in [0.717, 1.165) is 53.4 Å². The van der Waals surface area contributed by atoms with Gasteiger partial charge in [0.05, 0.1) is 39.4 Å². The molecule has 3 saturated heterocycles. The molecule has 420 valence electrons. The summed E-state index contributed by atoms with van der Waals surface area (Å²) in [6.45, 7) is 25.9. The van der Waals surface area contributed by atoms with Gasteiger partial charge in [-0.25, -0.2) is 32.7 Å². The summed E-state index contributed by atoms with van der Waals surface area (Å²) in [5.74, 6) is 1.60. The van der Waals surface area contributed by atoms with Gasteiger partial charge in [0.25, 0.3) is 5.91 Å². The van der Waals surface area contributed by atoms with Crippen molar-refractivity contribution in [1.29, 1.82) is 0 Å². The van der Waals surface area contributed by atoms with Gasteiger partial charge in [-0.1, -0.05) is 26.0 Å². The fourth-order valence-electron chi connectivity index (χ4n) is 11.1. The van der Waals surface area contributed by atoms with E-state index in [9.17, 15) is 22.4 Å². The number of amides is 2. The zero-order valence-corrected chi connectivity index (χ0v) is 47.7. The molecule has 3 atom stereocenters. The Bertz CT molecular complexity index is 3310. The van der Waals surface area contributed by atoms with Crippen LogP contribution >= 0.6 is 0 Å². The van der Waals surface area contributed by atoms with Gasteiger partial charge < -0.3 is 30.1 Å². The van der Waals surface area contributed by atoms with E-state index < -0.39 is 14.6 Å². The smallest absolute Gasteiger partial charge is 0.257 e. The molecule has 0 aliphatic carbocycles. The molecule has 4 aliphatic rings. The van der Waals surface area contributed by atoms with Crippen LogP contribution in [-0.4, -0.2) is 190 Å². The minimum absolute atomic E-state index is 0.0507. The lowest BCUT2D eigenvalue weighted by Gasteiger charge is -2.45. The Hall–Kier alpha value is -6.72. The third-order valence-corrected chi connectivity index (χ3v) is 18.6. The van der Waals surface area contributed by atoms with Gasteiger partial charge in [0.2, 0.25) is 11.9 Å². The number of benzene rings is 2. The van der Waals surface area contributed by atoms with Crippen LogP contribution in [0.5, 0.6) is 5.75 Å². The number of hydrogen-bond acceptors (Lipinski definition) is 17. The Kier molecular flexibility index (Phi) is 15.8. The molecule has 2 amide bonds. The van der Waals surface area contributed by atoms with Crippen molar-refractivity contribution < 1.29 is 27.1 Å². The number of hydrogen-bond donors (Lipinski definition) is 3. The van der Waals surface area contributed by atoms with E-state index in [1.165, 1.54) is 18.5 Å². The third-order valence-electron chi connectivity index (χ3n) is 16.1. The maximum absolute atomic E-state index is 14.4. The fraction of sp³-hybridized carbons (Fsp3) is 0.509. The molecule has 2 aromatic carbocycles. The predicted octanol–water partition coefficient (Wildman–Crippen LogP) is 5.53. The number of rotatable bonds is 15. The minimum atomic E-state index is -3.84. The molecule has 4 aliphatic heterocycles. The molecule has 1 unspecified atom stereocenters. The summed E-state index contributed by atoms with van der Waals surface area (Å²) in [4.78, 5) is 64.4. The first kappa shape index (κ1) is 55.6. The van der Waals surface area contributed by atoms with E-state index in [2.05, 4.69) is 94.1 Å². The van der Waals surface area contributed by atoms with E-state index in [1.807, 2.05) is 29.8 Å². The van der Waals surface area contributed by atoms with Crippen LogP contribution < -0.4 is 25.2 Å². The highest BCUT2D eigenvalue weighted by atomic mass is 32.2. The van der Waals surface area contributed by atoms with Gasteiger partial charge in [-0.2, -0.15) is 5.10 Å². The second kappa shape index (κ2) is 22.4. The molecule has 0 saturated carbocycles. The van der Waals surface area contributed by atoms with Crippen LogP contribution in [0.1, 0.15) is 86.9 Å². The summed E-state index contributed by atoms with van der Waals surface area (Å²) in [5, 5.41) is 14.7. The summed E-state index contributed by atoms with van der Waals surface area (Å²) in [6, 6.07) is 12.3. The summed E-state index contributed by atoms with van der Waals surface area (Å²) in [5.41, 5.74) is 6.17. The van der Waals surface area contributed by atoms with Crippen molar-refractivity contribution in [2.45, 2.75) is 102 Å². The van der Waals surface area contributed by atoms with Crippen molar-refractivity contribution in [3.8, 4) is 5.75 Å². The van der Waals surface area contributed by atoms with Crippen molar-refractivity contribution >= 4 is 55.8 Å². The van der Waals surface area contributed by atoms with Gasteiger partial charge in [0, 0.05) is 138 Å². The lowest BCUT2D eigenvalue weighted by Crippen LogP contribution is -2.63. The molecule has 6 aromatic rings. The number of ether oxygens (including phenoxy) is 1. The fourth-order valence-corrected chi connectivity index (χ4v) is 12.4. The molecule has 8 heterocycles. The van der Waals surface area contributed by atoms with Crippen molar-refractivity contribution in [2.24, 2.45) is 0 Å². The van der Waals surface area contributed by atoms with E-state index in [4.69, 9.17) is 9.72 Å². The van der Waals surface area contributed by atoms with Crippen molar-refractivity contribution in [3.63, 3.8) is 0 Å². The maximum atomic E-state index is 14.4. The summed E-state index contributed by atoms with van der Waals surface area (Å²) >= 11 is 0. The van der Waals surface area contributed by atoms with E-state index >= 15 is 0 Å². The Morgan fingerprint density at radius 2 is 1.63 bits per heavy atom. The zero-order valence-electron chi connectivity index (χ0n) is 46.9. The highest BCUT2D eigenvalue weighted by molar-refractivity contribution is 7.92. The minimum Gasteiger partial charge on any atom is -0.491 e. The number of carbonyl (C=O) groups is 2. The number of nitrogens with one attached hydrogen (secondary N) is 3. The molecule has 3 fully saturated rings. The van der Waals surface area contributed by atoms with Gasteiger partial charge >= 0.3 is 0 Å². The number of fused-ring (bicyclic) bond motifs is 2. The van der Waals surface area contributed by atoms with Crippen LogP contribution in [0.15, 0.2) is 72.3 Å². The van der Waals surface area contributed by atoms with Gasteiger partial charge in [-0.15, -0.1) is 0 Å². The van der Waals surface area contributed by atoms with Crippen molar-refractivity contribution in [3.05, 3.63) is 107 Å². The largest absolute Gasteiger partial charge is 0.491 e. The third kappa shape index (κ3) is 11.9.